The molecular formula is C20H29N2+. The Bertz CT molecular complexity index is 685. The van der Waals surface area contributed by atoms with E-state index in [1.165, 1.54) is 49.1 Å². The van der Waals surface area contributed by atoms with Crippen molar-refractivity contribution in [1.82, 2.24) is 0 Å². The Morgan fingerprint density at radius 3 is 2.59 bits per heavy atom. The summed E-state index contributed by atoms with van der Waals surface area (Å²) in [4.78, 5) is 0. The van der Waals surface area contributed by atoms with Crippen molar-refractivity contribution in [2.75, 3.05) is 5.43 Å². The van der Waals surface area contributed by atoms with Crippen LogP contribution in [0.15, 0.2) is 18.2 Å². The molecule has 0 radical (unpaired) electrons. The number of nitrogens with zero attached hydrogens (tertiary/aromatic N) is 1. The van der Waals surface area contributed by atoms with E-state index >= 15 is 0 Å². The maximum absolute atomic E-state index is 3.84. The van der Waals surface area contributed by atoms with Gasteiger partial charge in [-0.3, -0.25) is 0 Å². The van der Waals surface area contributed by atoms with Crippen LogP contribution >= 0.6 is 0 Å². The third-order valence-electron chi connectivity index (χ3n) is 7.21. The zero-order valence-corrected chi connectivity index (χ0v) is 14.7. The molecule has 0 saturated heterocycles. The molecule has 118 valence electrons. The molecule has 0 bridgehead atoms. The number of rotatable bonds is 0. The zero-order chi connectivity index (χ0) is 15.8. The largest absolute Gasteiger partial charge is 0.205 e. The molecule has 1 saturated carbocycles. The molecule has 1 aromatic carbocycles. The minimum Gasteiger partial charge on any atom is -0.165 e. The van der Waals surface area contributed by atoms with Gasteiger partial charge in [-0.25, -0.2) is 0 Å². The standard InChI is InChI=1S/C20H29N2/c1-14-8-6-9-16-17(14)21-22-15(2)10-13-20(22)18(3,4)11-7-12-19(16,20)5/h6,8-9,21H,7,10-13H2,1-5H3/q+1/t19-,20-/m1/s1. The number of hydrogen-bond acceptors (Lipinski definition) is 1. The fourth-order valence-electron chi connectivity index (χ4n) is 6.06. The van der Waals surface area contributed by atoms with Gasteiger partial charge >= 0.3 is 0 Å². The molecule has 4 rings (SSSR count). The average molecular weight is 297 g/mol. The molecule has 3 aliphatic rings. The fourth-order valence-corrected chi connectivity index (χ4v) is 6.06. The predicted octanol–water partition coefficient (Wildman–Crippen LogP) is 4.81. The van der Waals surface area contributed by atoms with E-state index in [0.29, 0.717) is 5.41 Å². The maximum Gasteiger partial charge on any atom is 0.205 e. The molecule has 0 aromatic heterocycles. The monoisotopic (exact) mass is 297 g/mol. The van der Waals surface area contributed by atoms with Gasteiger partial charge in [-0.05, 0) is 37.8 Å². The van der Waals surface area contributed by atoms with Crippen LogP contribution in [-0.4, -0.2) is 15.9 Å². The summed E-state index contributed by atoms with van der Waals surface area (Å²) in [5, 5.41) is 0. The zero-order valence-electron chi connectivity index (χ0n) is 14.7. The van der Waals surface area contributed by atoms with Gasteiger partial charge in [0.25, 0.3) is 0 Å². The molecule has 1 fully saturated rings. The molecule has 0 unspecified atom stereocenters. The van der Waals surface area contributed by atoms with E-state index in [2.05, 4.69) is 62.9 Å². The second kappa shape index (κ2) is 4.15. The number of aryl methyl sites for hydroxylation is 1. The van der Waals surface area contributed by atoms with E-state index in [1.54, 1.807) is 5.56 Å². The first-order valence-electron chi connectivity index (χ1n) is 8.83. The first kappa shape index (κ1) is 14.3. The summed E-state index contributed by atoms with van der Waals surface area (Å²) in [7, 11) is 0. The predicted molar refractivity (Wildman–Crippen MR) is 92.7 cm³/mol. The van der Waals surface area contributed by atoms with Crippen LogP contribution in [-0.2, 0) is 5.41 Å². The van der Waals surface area contributed by atoms with E-state index < -0.39 is 0 Å². The quantitative estimate of drug-likeness (QED) is 0.679. The van der Waals surface area contributed by atoms with Crippen LogP contribution in [0.25, 0.3) is 0 Å². The topological polar surface area (TPSA) is 15.0 Å². The van der Waals surface area contributed by atoms with E-state index in [-0.39, 0.29) is 11.0 Å². The average Bonchev–Trinajstić information content (AvgIpc) is 2.79. The lowest BCUT2D eigenvalue weighted by molar-refractivity contribution is -0.616. The second-order valence-corrected chi connectivity index (χ2v) is 8.61. The van der Waals surface area contributed by atoms with Crippen LogP contribution in [0.5, 0.6) is 0 Å². The number of hydrazine groups is 1. The van der Waals surface area contributed by atoms with Crippen LogP contribution in [0, 0.1) is 12.3 Å². The SMILES string of the molecule is CC1=[N+]2Nc3c(C)cccc3[C@@]3(C)CCCC(C)(C)[C@@]23CC1. The summed E-state index contributed by atoms with van der Waals surface area (Å²) in [6.07, 6.45) is 6.47. The highest BCUT2D eigenvalue weighted by molar-refractivity contribution is 5.80. The second-order valence-electron chi connectivity index (χ2n) is 8.61. The van der Waals surface area contributed by atoms with Crippen molar-refractivity contribution in [2.24, 2.45) is 5.41 Å². The molecule has 2 nitrogen and oxygen atoms in total. The summed E-state index contributed by atoms with van der Waals surface area (Å²) in [6.45, 7) is 12.1. The Morgan fingerprint density at radius 2 is 1.82 bits per heavy atom. The molecule has 1 aromatic rings. The Balaban J connectivity index is 2.07. The summed E-state index contributed by atoms with van der Waals surface area (Å²) in [5.74, 6) is 0. The molecule has 22 heavy (non-hydrogen) atoms. The van der Waals surface area contributed by atoms with Crippen molar-refractivity contribution >= 4 is 11.4 Å². The van der Waals surface area contributed by atoms with Crippen LogP contribution in [0.3, 0.4) is 0 Å². The highest BCUT2D eigenvalue weighted by Crippen LogP contribution is 2.63. The first-order chi connectivity index (χ1) is 10.3. The highest BCUT2D eigenvalue weighted by atomic mass is 15.5. The van der Waals surface area contributed by atoms with Gasteiger partial charge in [0, 0.05) is 25.2 Å². The molecule has 2 atom stereocenters. The van der Waals surface area contributed by atoms with Crippen LogP contribution in [0.4, 0.5) is 5.69 Å². The molecule has 1 N–H and O–H groups in total. The number of hydrogen-bond donors (Lipinski definition) is 1. The highest BCUT2D eigenvalue weighted by Gasteiger charge is 2.72. The number of hydrazone groups is 1. The first-order valence-corrected chi connectivity index (χ1v) is 8.83. The molecule has 2 heterocycles. The number of nitrogens with one attached hydrogen (secondary N) is 1. The smallest absolute Gasteiger partial charge is 0.165 e. The van der Waals surface area contributed by atoms with Crippen LogP contribution < -0.4 is 5.43 Å². The van der Waals surface area contributed by atoms with E-state index in [4.69, 9.17) is 0 Å². The van der Waals surface area contributed by atoms with Crippen LogP contribution in [0.2, 0.25) is 0 Å². The molecule has 1 aliphatic carbocycles. The number of anilines is 1. The van der Waals surface area contributed by atoms with Crippen LogP contribution in [0.1, 0.15) is 70.9 Å². The van der Waals surface area contributed by atoms with E-state index in [9.17, 15) is 0 Å². The maximum atomic E-state index is 3.84. The minimum absolute atomic E-state index is 0.211. The number of para-hydroxylation sites is 1. The van der Waals surface area contributed by atoms with Gasteiger partial charge in [-0.2, -0.15) is 5.43 Å². The Hall–Kier alpha value is -1.31. The normalized spacial score (nSPS) is 35.5. The molecule has 1 spiro atoms. The van der Waals surface area contributed by atoms with Crippen molar-refractivity contribution in [3.05, 3.63) is 29.3 Å². The number of benzene rings is 1. The van der Waals surface area contributed by atoms with Gasteiger partial charge in [0.05, 0.1) is 5.41 Å². The molecule has 2 aliphatic heterocycles. The Morgan fingerprint density at radius 1 is 1.05 bits per heavy atom. The number of fused-ring (bicyclic) bond motifs is 2. The van der Waals surface area contributed by atoms with Crippen molar-refractivity contribution < 1.29 is 4.68 Å². The van der Waals surface area contributed by atoms with Crippen molar-refractivity contribution in [1.29, 1.82) is 0 Å². The van der Waals surface area contributed by atoms with Gasteiger partial charge in [-0.1, -0.05) is 38.5 Å². The third-order valence-corrected chi connectivity index (χ3v) is 7.21. The van der Waals surface area contributed by atoms with Gasteiger partial charge in [0.1, 0.15) is 5.69 Å². The fraction of sp³-hybridized carbons (Fsp3) is 0.650. The van der Waals surface area contributed by atoms with Crippen molar-refractivity contribution in [3.63, 3.8) is 0 Å². The van der Waals surface area contributed by atoms with Gasteiger partial charge in [0.15, 0.2) is 5.71 Å². The summed E-state index contributed by atoms with van der Waals surface area (Å²) < 4.78 is 2.58. The lowest BCUT2D eigenvalue weighted by Gasteiger charge is -2.57. The third kappa shape index (κ3) is 1.40. The van der Waals surface area contributed by atoms with Crippen molar-refractivity contribution in [2.45, 2.75) is 77.7 Å². The molecular weight excluding hydrogens is 268 g/mol. The lowest BCUT2D eigenvalue weighted by Crippen LogP contribution is -2.69. The molecule has 2 heteroatoms. The molecule has 0 amide bonds. The van der Waals surface area contributed by atoms with E-state index in [1.807, 2.05) is 0 Å². The summed E-state index contributed by atoms with van der Waals surface area (Å²) >= 11 is 0. The minimum atomic E-state index is 0.211. The summed E-state index contributed by atoms with van der Waals surface area (Å²) in [5.41, 5.74) is 10.4. The summed E-state index contributed by atoms with van der Waals surface area (Å²) in [6, 6.07) is 6.86. The van der Waals surface area contributed by atoms with Gasteiger partial charge < -0.3 is 0 Å². The van der Waals surface area contributed by atoms with Gasteiger partial charge in [0.2, 0.25) is 5.54 Å². The lowest BCUT2D eigenvalue weighted by atomic mass is 9.48. The van der Waals surface area contributed by atoms with E-state index in [0.717, 1.165) is 0 Å². The van der Waals surface area contributed by atoms with Crippen molar-refractivity contribution in [3.8, 4) is 0 Å². The Labute approximate surface area is 134 Å². The Kier molecular flexibility index (Phi) is 2.70. The van der Waals surface area contributed by atoms with Gasteiger partial charge in [-0.15, -0.1) is 4.68 Å².